The third kappa shape index (κ3) is 5.34. The molecule has 30 heavy (non-hydrogen) atoms. The molecule has 0 radical (unpaired) electrons. The molecule has 1 amide bonds. The number of aryl methyl sites for hydroxylation is 2. The molecule has 9 heteroatoms. The smallest absolute Gasteiger partial charge is 0.259 e. The number of rotatable bonds is 9. The van der Waals surface area contributed by atoms with E-state index < -0.39 is 0 Å². The number of aromatic nitrogens is 2. The van der Waals surface area contributed by atoms with E-state index in [1.54, 1.807) is 7.11 Å². The van der Waals surface area contributed by atoms with Crippen molar-refractivity contribution in [2.75, 3.05) is 20.3 Å². The monoisotopic (exact) mass is 447 g/mol. The van der Waals surface area contributed by atoms with Gasteiger partial charge < -0.3 is 19.8 Å². The molecule has 2 N–H and O–H groups in total. The third-order valence-electron chi connectivity index (χ3n) is 4.66. The number of ether oxygens (including phenoxy) is 2. The summed E-state index contributed by atoms with van der Waals surface area (Å²) in [4.78, 5) is 33.9. The predicted octanol–water partition coefficient (Wildman–Crippen LogP) is 3.43. The van der Waals surface area contributed by atoms with Crippen LogP contribution in [0.5, 0.6) is 11.5 Å². The van der Waals surface area contributed by atoms with E-state index in [9.17, 15) is 9.59 Å². The van der Waals surface area contributed by atoms with Crippen LogP contribution in [0.2, 0.25) is 0 Å². The number of nitrogens with one attached hydrogen (secondary N) is 2. The standard InChI is InChI=1S/C21H25N3O4S2/c1-12-13(2)30-21-18(12)20(26)23-17(24-21)11-29-14(3)19(25)22-9-10-28-16-7-5-15(27-4)6-8-16/h5-8,14H,9-11H2,1-4H3,(H,22,25)(H,23,24,26)/t14-/m1/s1. The molecule has 3 rings (SSSR count). The first-order valence-corrected chi connectivity index (χ1v) is 11.4. The topological polar surface area (TPSA) is 93.3 Å². The molecule has 0 aliphatic heterocycles. The lowest BCUT2D eigenvalue weighted by molar-refractivity contribution is -0.120. The number of thioether (sulfide) groups is 1. The summed E-state index contributed by atoms with van der Waals surface area (Å²) in [5.41, 5.74) is 0.859. The number of benzene rings is 1. The maximum Gasteiger partial charge on any atom is 0.259 e. The SMILES string of the molecule is COc1ccc(OCCNC(=O)[C@@H](C)SCc2nc3sc(C)c(C)c3c(=O)[nH]2)cc1. The average molecular weight is 448 g/mol. The van der Waals surface area contributed by atoms with Gasteiger partial charge in [0.15, 0.2) is 0 Å². The maximum absolute atomic E-state index is 12.3. The van der Waals surface area contributed by atoms with Crippen molar-refractivity contribution in [3.63, 3.8) is 0 Å². The van der Waals surface area contributed by atoms with Gasteiger partial charge in [0, 0.05) is 4.88 Å². The average Bonchev–Trinajstić information content (AvgIpc) is 3.03. The van der Waals surface area contributed by atoms with Gasteiger partial charge >= 0.3 is 0 Å². The minimum Gasteiger partial charge on any atom is -0.497 e. The molecule has 0 unspecified atom stereocenters. The number of carbonyl (C=O) groups is 1. The second kappa shape index (κ2) is 9.99. The minimum atomic E-state index is -0.279. The summed E-state index contributed by atoms with van der Waals surface area (Å²) in [5, 5.41) is 3.25. The van der Waals surface area contributed by atoms with Crippen molar-refractivity contribution in [2.24, 2.45) is 0 Å². The van der Waals surface area contributed by atoms with Crippen LogP contribution >= 0.6 is 23.1 Å². The molecule has 2 heterocycles. The van der Waals surface area contributed by atoms with Crippen LogP contribution in [0.3, 0.4) is 0 Å². The molecule has 0 bridgehead atoms. The zero-order chi connectivity index (χ0) is 21.7. The highest BCUT2D eigenvalue weighted by molar-refractivity contribution is 7.99. The second-order valence-corrected chi connectivity index (χ2v) is 9.28. The largest absolute Gasteiger partial charge is 0.497 e. The van der Waals surface area contributed by atoms with Gasteiger partial charge in [0.2, 0.25) is 5.91 Å². The van der Waals surface area contributed by atoms with Gasteiger partial charge in [-0.15, -0.1) is 23.1 Å². The summed E-state index contributed by atoms with van der Waals surface area (Å²) in [7, 11) is 1.61. The van der Waals surface area contributed by atoms with Crippen LogP contribution in [-0.4, -0.2) is 41.4 Å². The van der Waals surface area contributed by atoms with Gasteiger partial charge in [-0.25, -0.2) is 4.98 Å². The van der Waals surface area contributed by atoms with E-state index in [2.05, 4.69) is 15.3 Å². The highest BCUT2D eigenvalue weighted by atomic mass is 32.2. The van der Waals surface area contributed by atoms with Gasteiger partial charge in [-0.1, -0.05) is 0 Å². The van der Waals surface area contributed by atoms with Crippen LogP contribution in [0.15, 0.2) is 29.1 Å². The highest BCUT2D eigenvalue weighted by Gasteiger charge is 2.16. The fourth-order valence-electron chi connectivity index (χ4n) is 2.81. The van der Waals surface area contributed by atoms with Crippen LogP contribution in [-0.2, 0) is 10.5 Å². The van der Waals surface area contributed by atoms with E-state index in [1.165, 1.54) is 23.1 Å². The summed E-state index contributed by atoms with van der Waals surface area (Å²) in [6.45, 7) is 6.54. The van der Waals surface area contributed by atoms with Crippen LogP contribution in [0.4, 0.5) is 0 Å². The van der Waals surface area contributed by atoms with Crippen LogP contribution < -0.4 is 20.3 Å². The van der Waals surface area contributed by atoms with E-state index in [0.29, 0.717) is 30.1 Å². The molecule has 0 spiro atoms. The molecular weight excluding hydrogens is 422 g/mol. The zero-order valence-corrected chi connectivity index (χ0v) is 19.0. The molecule has 3 aromatic rings. The van der Waals surface area contributed by atoms with E-state index in [1.807, 2.05) is 45.0 Å². The van der Waals surface area contributed by atoms with Gasteiger partial charge in [-0.05, 0) is 50.6 Å². The molecule has 0 saturated heterocycles. The first kappa shape index (κ1) is 22.2. The van der Waals surface area contributed by atoms with Crippen molar-refractivity contribution < 1.29 is 14.3 Å². The third-order valence-corrected chi connectivity index (χ3v) is 6.91. The molecule has 2 aromatic heterocycles. The number of hydrogen-bond acceptors (Lipinski definition) is 7. The first-order valence-electron chi connectivity index (χ1n) is 9.54. The van der Waals surface area contributed by atoms with E-state index >= 15 is 0 Å². The number of hydrogen-bond donors (Lipinski definition) is 2. The van der Waals surface area contributed by atoms with Crippen molar-refractivity contribution in [3.8, 4) is 11.5 Å². The quantitative estimate of drug-likeness (QED) is 0.488. The van der Waals surface area contributed by atoms with Gasteiger partial charge in [0.25, 0.3) is 5.56 Å². The lowest BCUT2D eigenvalue weighted by atomic mass is 10.2. The summed E-state index contributed by atoms with van der Waals surface area (Å²) >= 11 is 2.95. The summed E-state index contributed by atoms with van der Waals surface area (Å²) in [5.74, 6) is 2.45. The van der Waals surface area contributed by atoms with Crippen molar-refractivity contribution in [2.45, 2.75) is 31.8 Å². The Morgan fingerprint density at radius 2 is 1.97 bits per heavy atom. The number of amides is 1. The van der Waals surface area contributed by atoms with E-state index in [4.69, 9.17) is 9.47 Å². The second-order valence-electron chi connectivity index (χ2n) is 6.74. The number of carbonyl (C=O) groups excluding carboxylic acids is 1. The Kier molecular flexibility index (Phi) is 7.38. The molecule has 0 aliphatic rings. The Balaban J connectivity index is 1.45. The van der Waals surface area contributed by atoms with Crippen molar-refractivity contribution in [1.82, 2.24) is 15.3 Å². The molecule has 0 fully saturated rings. The fourth-order valence-corrected chi connectivity index (χ4v) is 4.63. The van der Waals surface area contributed by atoms with E-state index in [-0.39, 0.29) is 16.7 Å². The molecule has 1 atom stereocenters. The minimum absolute atomic E-state index is 0.0791. The Labute approximate surface area is 183 Å². The maximum atomic E-state index is 12.3. The molecule has 0 saturated carbocycles. The molecule has 7 nitrogen and oxygen atoms in total. The lowest BCUT2D eigenvalue weighted by Gasteiger charge is -2.12. The Hall–Kier alpha value is -2.52. The molecule has 0 aliphatic carbocycles. The van der Waals surface area contributed by atoms with Gasteiger partial charge in [-0.2, -0.15) is 0 Å². The number of thiophene rings is 1. The van der Waals surface area contributed by atoms with Gasteiger partial charge in [-0.3, -0.25) is 9.59 Å². The van der Waals surface area contributed by atoms with Crippen molar-refractivity contribution >= 4 is 39.2 Å². The van der Waals surface area contributed by atoms with Gasteiger partial charge in [0.1, 0.15) is 28.8 Å². The summed E-state index contributed by atoms with van der Waals surface area (Å²) in [6.07, 6.45) is 0. The summed E-state index contributed by atoms with van der Waals surface area (Å²) in [6, 6.07) is 7.28. The number of H-pyrrole nitrogens is 1. The lowest BCUT2D eigenvalue weighted by Crippen LogP contribution is -2.34. The van der Waals surface area contributed by atoms with Crippen molar-refractivity contribution in [1.29, 1.82) is 0 Å². The van der Waals surface area contributed by atoms with Gasteiger partial charge in [0.05, 0.1) is 30.0 Å². The fraction of sp³-hybridized carbons (Fsp3) is 0.381. The highest BCUT2D eigenvalue weighted by Crippen LogP contribution is 2.26. The Morgan fingerprint density at radius 3 is 2.67 bits per heavy atom. The van der Waals surface area contributed by atoms with Crippen LogP contribution in [0.25, 0.3) is 10.2 Å². The van der Waals surface area contributed by atoms with Crippen LogP contribution in [0, 0.1) is 13.8 Å². The normalized spacial score (nSPS) is 12.0. The summed E-state index contributed by atoms with van der Waals surface area (Å²) < 4.78 is 10.7. The number of aromatic amines is 1. The molecule has 1 aromatic carbocycles. The molecular formula is C21H25N3O4S2. The Bertz CT molecular complexity index is 1080. The van der Waals surface area contributed by atoms with E-state index in [0.717, 1.165) is 26.8 Å². The number of fused-ring (bicyclic) bond motifs is 1. The number of methoxy groups -OCH3 is 1. The predicted molar refractivity (Wildman–Crippen MR) is 122 cm³/mol. The Morgan fingerprint density at radius 1 is 1.27 bits per heavy atom. The zero-order valence-electron chi connectivity index (χ0n) is 17.4. The van der Waals surface area contributed by atoms with Crippen LogP contribution in [0.1, 0.15) is 23.2 Å². The number of nitrogens with zero attached hydrogens (tertiary/aromatic N) is 1. The van der Waals surface area contributed by atoms with Crippen molar-refractivity contribution in [3.05, 3.63) is 50.9 Å². The first-order chi connectivity index (χ1) is 14.4. The molecule has 160 valence electrons.